The van der Waals surface area contributed by atoms with Gasteiger partial charge in [-0.1, -0.05) is 11.6 Å². The summed E-state index contributed by atoms with van der Waals surface area (Å²) in [6.45, 7) is 0.987. The summed E-state index contributed by atoms with van der Waals surface area (Å²) in [5.74, 6) is 0.795. The van der Waals surface area contributed by atoms with E-state index in [0.717, 1.165) is 0 Å². The minimum Gasteiger partial charge on any atom is -0.486 e. The Morgan fingerprint density at radius 1 is 1.05 bits per heavy atom. The third-order valence-corrected chi connectivity index (χ3v) is 3.07. The first-order valence-corrected chi connectivity index (χ1v) is 6.42. The summed E-state index contributed by atoms with van der Waals surface area (Å²) in [4.78, 5) is 0. The molecule has 1 aliphatic heterocycles. The second-order valence-electron chi connectivity index (χ2n) is 4.37. The van der Waals surface area contributed by atoms with E-state index in [9.17, 15) is 4.39 Å². The van der Waals surface area contributed by atoms with Gasteiger partial charge in [-0.15, -0.1) is 0 Å². The van der Waals surface area contributed by atoms with Crippen molar-refractivity contribution in [2.45, 2.75) is 0 Å². The van der Waals surface area contributed by atoms with Crippen LogP contribution in [0.1, 0.15) is 0 Å². The molecular formula is C14H12ClFN2O2. The van der Waals surface area contributed by atoms with Gasteiger partial charge in [0.25, 0.3) is 0 Å². The topological polar surface area (TPSA) is 56.5 Å². The van der Waals surface area contributed by atoms with Crippen LogP contribution in [0.25, 0.3) is 0 Å². The van der Waals surface area contributed by atoms with E-state index in [2.05, 4.69) is 5.32 Å². The van der Waals surface area contributed by atoms with Crippen molar-refractivity contribution >= 4 is 28.7 Å². The van der Waals surface area contributed by atoms with Crippen LogP contribution in [-0.2, 0) is 0 Å². The summed E-state index contributed by atoms with van der Waals surface area (Å²) in [6, 6.07) is 7.59. The molecule has 1 heterocycles. The fraction of sp³-hybridized carbons (Fsp3) is 0.143. The lowest BCUT2D eigenvalue weighted by molar-refractivity contribution is 0.172. The zero-order valence-corrected chi connectivity index (χ0v) is 11.2. The number of benzene rings is 2. The lowest BCUT2D eigenvalue weighted by atomic mass is 10.2. The van der Waals surface area contributed by atoms with E-state index in [-0.39, 0.29) is 0 Å². The number of rotatable bonds is 2. The molecule has 0 saturated carbocycles. The molecule has 0 radical (unpaired) electrons. The first-order chi connectivity index (χ1) is 9.61. The van der Waals surface area contributed by atoms with Crippen LogP contribution < -0.4 is 20.5 Å². The summed E-state index contributed by atoms with van der Waals surface area (Å²) in [7, 11) is 0. The van der Waals surface area contributed by atoms with E-state index in [1.54, 1.807) is 18.2 Å². The Hall–Kier alpha value is -2.14. The van der Waals surface area contributed by atoms with Gasteiger partial charge in [-0.25, -0.2) is 4.39 Å². The van der Waals surface area contributed by atoms with Crippen molar-refractivity contribution < 1.29 is 13.9 Å². The molecule has 1 aliphatic rings. The van der Waals surface area contributed by atoms with Crippen LogP contribution in [0, 0.1) is 5.82 Å². The Kier molecular flexibility index (Phi) is 3.28. The van der Waals surface area contributed by atoms with E-state index >= 15 is 0 Å². The van der Waals surface area contributed by atoms with E-state index in [4.69, 9.17) is 26.8 Å². The average Bonchev–Trinajstić information content (AvgIpc) is 2.38. The van der Waals surface area contributed by atoms with Crippen LogP contribution in [0.5, 0.6) is 11.5 Å². The predicted molar refractivity (Wildman–Crippen MR) is 76.5 cm³/mol. The first-order valence-electron chi connectivity index (χ1n) is 6.04. The van der Waals surface area contributed by atoms with Gasteiger partial charge >= 0.3 is 0 Å². The molecule has 0 saturated heterocycles. The second kappa shape index (κ2) is 5.09. The molecule has 20 heavy (non-hydrogen) atoms. The number of hydrogen-bond acceptors (Lipinski definition) is 4. The minimum absolute atomic E-state index is 0.309. The van der Waals surface area contributed by atoms with E-state index in [1.807, 2.05) is 0 Å². The fourth-order valence-corrected chi connectivity index (χ4v) is 2.22. The fourth-order valence-electron chi connectivity index (χ4n) is 1.99. The predicted octanol–water partition coefficient (Wildman–Crippen LogP) is 3.58. The maximum atomic E-state index is 13.3. The molecule has 0 fully saturated rings. The molecule has 6 heteroatoms. The summed E-state index contributed by atoms with van der Waals surface area (Å²) in [6.07, 6.45) is 0. The highest BCUT2D eigenvalue weighted by Gasteiger charge is 2.15. The monoisotopic (exact) mass is 294 g/mol. The van der Waals surface area contributed by atoms with Crippen molar-refractivity contribution in [3.63, 3.8) is 0 Å². The molecule has 0 atom stereocenters. The molecule has 0 spiro atoms. The highest BCUT2D eigenvalue weighted by atomic mass is 35.5. The maximum Gasteiger partial charge on any atom is 0.163 e. The van der Waals surface area contributed by atoms with Gasteiger partial charge in [0.05, 0.1) is 11.4 Å². The van der Waals surface area contributed by atoms with Crippen molar-refractivity contribution in [2.24, 2.45) is 0 Å². The molecule has 4 nitrogen and oxygen atoms in total. The van der Waals surface area contributed by atoms with E-state index < -0.39 is 5.82 Å². The number of nitrogen functional groups attached to an aromatic ring is 1. The van der Waals surface area contributed by atoms with Crippen molar-refractivity contribution in [3.8, 4) is 11.5 Å². The van der Waals surface area contributed by atoms with E-state index in [1.165, 1.54) is 12.1 Å². The van der Waals surface area contributed by atoms with Crippen molar-refractivity contribution in [1.29, 1.82) is 0 Å². The normalized spacial score (nSPS) is 13.1. The standard InChI is InChI=1S/C14H12ClFN2O2/c15-8-3-9(16)5-10(4-8)18-12-7-14-13(6-11(12)17)19-1-2-20-14/h3-7,18H,1-2,17H2. The molecule has 2 aromatic rings. The highest BCUT2D eigenvalue weighted by molar-refractivity contribution is 6.30. The summed E-state index contributed by atoms with van der Waals surface area (Å²) in [5.41, 5.74) is 7.54. The van der Waals surface area contributed by atoms with E-state index in [0.29, 0.717) is 46.8 Å². The lowest BCUT2D eigenvalue weighted by Crippen LogP contribution is -2.15. The molecule has 0 aromatic heterocycles. The number of nitrogens with two attached hydrogens (primary N) is 1. The number of nitrogens with one attached hydrogen (secondary N) is 1. The third-order valence-electron chi connectivity index (χ3n) is 2.86. The van der Waals surface area contributed by atoms with Gasteiger partial charge in [0.2, 0.25) is 0 Å². The lowest BCUT2D eigenvalue weighted by Gasteiger charge is -2.20. The molecule has 0 unspecified atom stereocenters. The Morgan fingerprint density at radius 2 is 1.75 bits per heavy atom. The van der Waals surface area contributed by atoms with Gasteiger partial charge in [-0.05, 0) is 18.2 Å². The number of fused-ring (bicyclic) bond motifs is 1. The summed E-state index contributed by atoms with van der Waals surface area (Å²) in [5, 5.41) is 3.33. The van der Waals surface area contributed by atoms with Gasteiger partial charge in [-0.3, -0.25) is 0 Å². The SMILES string of the molecule is Nc1cc2c(cc1Nc1cc(F)cc(Cl)c1)OCCO2. The highest BCUT2D eigenvalue weighted by Crippen LogP contribution is 2.38. The Bertz CT molecular complexity index is 644. The first kappa shape index (κ1) is 12.9. The third kappa shape index (κ3) is 2.58. The van der Waals surface area contributed by atoms with Gasteiger partial charge in [-0.2, -0.15) is 0 Å². The molecule has 0 bridgehead atoms. The van der Waals surface area contributed by atoms with Crippen LogP contribution in [0.3, 0.4) is 0 Å². The van der Waals surface area contributed by atoms with Crippen LogP contribution in [0.4, 0.5) is 21.5 Å². The largest absolute Gasteiger partial charge is 0.486 e. The van der Waals surface area contributed by atoms with Crippen LogP contribution >= 0.6 is 11.6 Å². The van der Waals surface area contributed by atoms with Gasteiger partial charge in [0, 0.05) is 22.8 Å². The molecule has 104 valence electrons. The van der Waals surface area contributed by atoms with Crippen LogP contribution in [-0.4, -0.2) is 13.2 Å². The summed E-state index contributed by atoms with van der Waals surface area (Å²) < 4.78 is 24.2. The number of halogens is 2. The van der Waals surface area contributed by atoms with Gasteiger partial charge in [0.1, 0.15) is 19.0 Å². The van der Waals surface area contributed by atoms with Crippen molar-refractivity contribution in [3.05, 3.63) is 41.2 Å². The van der Waals surface area contributed by atoms with Gasteiger partial charge in [0.15, 0.2) is 11.5 Å². The molecule has 2 aromatic carbocycles. The zero-order valence-electron chi connectivity index (χ0n) is 10.5. The molecule has 3 N–H and O–H groups in total. The number of hydrogen-bond donors (Lipinski definition) is 2. The van der Waals surface area contributed by atoms with Gasteiger partial charge < -0.3 is 20.5 Å². The molecule has 0 aliphatic carbocycles. The van der Waals surface area contributed by atoms with Crippen LogP contribution in [0.15, 0.2) is 30.3 Å². The Morgan fingerprint density at radius 3 is 2.45 bits per heavy atom. The molecule has 0 amide bonds. The molecular weight excluding hydrogens is 283 g/mol. The maximum absolute atomic E-state index is 13.3. The van der Waals surface area contributed by atoms with Crippen molar-refractivity contribution in [2.75, 3.05) is 24.3 Å². The quantitative estimate of drug-likeness (QED) is 0.831. The zero-order chi connectivity index (χ0) is 14.1. The molecule has 3 rings (SSSR count). The van der Waals surface area contributed by atoms with Crippen LogP contribution in [0.2, 0.25) is 5.02 Å². The summed E-state index contributed by atoms with van der Waals surface area (Å²) >= 11 is 5.82. The minimum atomic E-state index is -0.420. The number of ether oxygens (including phenoxy) is 2. The average molecular weight is 295 g/mol. The smallest absolute Gasteiger partial charge is 0.163 e. The Balaban J connectivity index is 1.94. The Labute approximate surface area is 120 Å². The number of anilines is 3. The van der Waals surface area contributed by atoms with Crippen molar-refractivity contribution in [1.82, 2.24) is 0 Å². The second-order valence-corrected chi connectivity index (χ2v) is 4.80.